The smallest absolute Gasteiger partial charge is 0.0702 e. The lowest BCUT2D eigenvalue weighted by Crippen LogP contribution is -1.97. The van der Waals surface area contributed by atoms with Gasteiger partial charge in [0.1, 0.15) is 0 Å². The first-order valence-electron chi connectivity index (χ1n) is 10.6. The Morgan fingerprint density at radius 2 is 2.03 bits per heavy atom. The van der Waals surface area contributed by atoms with Gasteiger partial charge in [-0.25, -0.2) is 0 Å². The van der Waals surface area contributed by atoms with Crippen molar-refractivity contribution in [2.45, 2.75) is 47.0 Å². The molecule has 0 amide bonds. The van der Waals surface area contributed by atoms with E-state index in [9.17, 15) is 0 Å². The summed E-state index contributed by atoms with van der Waals surface area (Å²) in [6.45, 7) is 13.1. The predicted octanol–water partition coefficient (Wildman–Crippen LogP) is 7.52. The minimum absolute atomic E-state index is 0.756. The second kappa shape index (κ2) is 9.56. The monoisotopic (exact) mass is 384 g/mol. The Balaban J connectivity index is 1.88. The van der Waals surface area contributed by atoms with Crippen LogP contribution in [0.5, 0.6) is 0 Å². The number of benzene rings is 1. The maximum atomic E-state index is 4.58. The molecule has 1 aromatic carbocycles. The van der Waals surface area contributed by atoms with Gasteiger partial charge in [0.25, 0.3) is 0 Å². The van der Waals surface area contributed by atoms with Crippen LogP contribution in [0.3, 0.4) is 0 Å². The number of hydrogen-bond donors (Lipinski definition) is 1. The Morgan fingerprint density at radius 3 is 2.79 bits per heavy atom. The van der Waals surface area contributed by atoms with Gasteiger partial charge in [0.05, 0.1) is 5.52 Å². The van der Waals surface area contributed by atoms with Crippen molar-refractivity contribution in [2.75, 3.05) is 0 Å². The number of rotatable bonds is 8. The summed E-state index contributed by atoms with van der Waals surface area (Å²) < 4.78 is 0. The molecule has 0 aliphatic heterocycles. The number of para-hydroxylation sites is 1. The second-order valence-electron chi connectivity index (χ2n) is 7.94. The maximum Gasteiger partial charge on any atom is 0.0702 e. The third kappa shape index (κ3) is 5.14. The Morgan fingerprint density at radius 1 is 1.24 bits per heavy atom. The number of nitrogens with zero attached hydrogens (tertiary/aromatic N) is 1. The molecule has 1 N–H and O–H groups in total. The summed E-state index contributed by atoms with van der Waals surface area (Å²) in [5, 5.41) is 1.13. The molecule has 0 aliphatic carbocycles. The van der Waals surface area contributed by atoms with E-state index >= 15 is 0 Å². The highest BCUT2D eigenvalue weighted by Gasteiger charge is 2.10. The van der Waals surface area contributed by atoms with Gasteiger partial charge in [0.15, 0.2) is 0 Å². The van der Waals surface area contributed by atoms with E-state index in [-0.39, 0.29) is 0 Å². The SMILES string of the molecule is C=C(/C=C(\C=C/C)c1cc(C)c(CCC(C)CC)[nH]1)c1cnc2ccccc2c1. The van der Waals surface area contributed by atoms with Crippen LogP contribution in [0.4, 0.5) is 0 Å². The van der Waals surface area contributed by atoms with Crippen LogP contribution in [0.15, 0.2) is 67.4 Å². The lowest BCUT2D eigenvalue weighted by Gasteiger charge is -2.08. The zero-order chi connectivity index (χ0) is 20.8. The van der Waals surface area contributed by atoms with Crippen molar-refractivity contribution in [3.8, 4) is 0 Å². The standard InChI is InChI=1S/C27H32N2/c1-6-10-22(27-16-21(5)25(29-27)14-13-19(3)7-2)15-20(4)24-17-23-11-8-9-12-26(23)28-18-24/h6,8-12,15-19,29H,4,7,13-14H2,1-3,5H3/b10-6-,22-15+. The van der Waals surface area contributed by atoms with Crippen LogP contribution in [-0.2, 0) is 6.42 Å². The van der Waals surface area contributed by atoms with Crippen LogP contribution in [-0.4, -0.2) is 9.97 Å². The van der Waals surface area contributed by atoms with Crippen molar-refractivity contribution in [1.82, 2.24) is 9.97 Å². The van der Waals surface area contributed by atoms with Crippen molar-refractivity contribution in [2.24, 2.45) is 5.92 Å². The topological polar surface area (TPSA) is 28.7 Å². The van der Waals surface area contributed by atoms with Crippen molar-refractivity contribution in [3.63, 3.8) is 0 Å². The maximum absolute atomic E-state index is 4.58. The number of nitrogens with one attached hydrogen (secondary N) is 1. The van der Waals surface area contributed by atoms with Gasteiger partial charge in [-0.1, -0.05) is 57.2 Å². The molecule has 0 bridgehead atoms. The molecule has 150 valence electrons. The summed E-state index contributed by atoms with van der Waals surface area (Å²) in [6.07, 6.45) is 11.8. The summed E-state index contributed by atoms with van der Waals surface area (Å²) in [5.74, 6) is 0.756. The molecule has 29 heavy (non-hydrogen) atoms. The van der Waals surface area contributed by atoms with Gasteiger partial charge in [0, 0.05) is 28.5 Å². The van der Waals surface area contributed by atoms with Gasteiger partial charge in [0.2, 0.25) is 0 Å². The molecule has 2 heteroatoms. The van der Waals surface area contributed by atoms with E-state index < -0.39 is 0 Å². The van der Waals surface area contributed by atoms with Crippen LogP contribution in [0.25, 0.3) is 22.0 Å². The Labute approximate surface area is 175 Å². The second-order valence-corrected chi connectivity index (χ2v) is 7.94. The molecule has 3 rings (SSSR count). The highest BCUT2D eigenvalue weighted by Crippen LogP contribution is 2.26. The molecule has 0 fully saturated rings. The van der Waals surface area contributed by atoms with Crippen LogP contribution in [0.1, 0.15) is 56.1 Å². The molecule has 0 spiro atoms. The van der Waals surface area contributed by atoms with E-state index in [0.29, 0.717) is 0 Å². The largest absolute Gasteiger partial charge is 0.358 e. The van der Waals surface area contributed by atoms with E-state index in [0.717, 1.165) is 45.6 Å². The minimum Gasteiger partial charge on any atom is -0.358 e. The number of aromatic amines is 1. The molecule has 1 unspecified atom stereocenters. The predicted molar refractivity (Wildman–Crippen MR) is 127 cm³/mol. The first-order valence-corrected chi connectivity index (χ1v) is 10.6. The molecule has 0 aliphatic rings. The highest BCUT2D eigenvalue weighted by molar-refractivity contribution is 5.89. The van der Waals surface area contributed by atoms with E-state index in [1.165, 1.54) is 24.1 Å². The van der Waals surface area contributed by atoms with Crippen LogP contribution in [0.2, 0.25) is 0 Å². The van der Waals surface area contributed by atoms with Crippen molar-refractivity contribution in [3.05, 3.63) is 89.9 Å². The molecular formula is C27H32N2. The third-order valence-electron chi connectivity index (χ3n) is 5.65. The van der Waals surface area contributed by atoms with Gasteiger partial charge < -0.3 is 4.98 Å². The number of fused-ring (bicyclic) bond motifs is 1. The Bertz CT molecular complexity index is 1050. The van der Waals surface area contributed by atoms with E-state index in [4.69, 9.17) is 0 Å². The minimum atomic E-state index is 0.756. The number of H-pyrrole nitrogens is 1. The number of hydrogen-bond acceptors (Lipinski definition) is 1. The van der Waals surface area contributed by atoms with Crippen LogP contribution in [0, 0.1) is 12.8 Å². The average Bonchev–Trinajstić information content (AvgIpc) is 3.11. The molecule has 1 atom stereocenters. The number of pyridine rings is 1. The molecule has 0 saturated carbocycles. The van der Waals surface area contributed by atoms with Gasteiger partial charge in [-0.05, 0) is 73.6 Å². The summed E-state index contributed by atoms with van der Waals surface area (Å²) in [5.41, 5.74) is 7.98. The zero-order valence-corrected chi connectivity index (χ0v) is 18.1. The van der Waals surface area contributed by atoms with Crippen molar-refractivity contribution < 1.29 is 0 Å². The summed E-state index contributed by atoms with van der Waals surface area (Å²) in [7, 11) is 0. The fraction of sp³-hybridized carbons (Fsp3) is 0.296. The van der Waals surface area contributed by atoms with Gasteiger partial charge >= 0.3 is 0 Å². The zero-order valence-electron chi connectivity index (χ0n) is 18.1. The van der Waals surface area contributed by atoms with Crippen molar-refractivity contribution in [1.29, 1.82) is 0 Å². The summed E-state index contributed by atoms with van der Waals surface area (Å²) >= 11 is 0. The van der Waals surface area contributed by atoms with Gasteiger partial charge in [-0.15, -0.1) is 0 Å². The van der Waals surface area contributed by atoms with Crippen molar-refractivity contribution >= 4 is 22.0 Å². The van der Waals surface area contributed by atoms with E-state index in [1.807, 2.05) is 31.3 Å². The molecule has 0 saturated heterocycles. The molecule has 0 radical (unpaired) electrons. The van der Waals surface area contributed by atoms with Gasteiger partial charge in [-0.2, -0.15) is 0 Å². The van der Waals surface area contributed by atoms with E-state index in [1.54, 1.807) is 0 Å². The Hall–Kier alpha value is -2.87. The van der Waals surface area contributed by atoms with Gasteiger partial charge in [-0.3, -0.25) is 4.98 Å². The Kier molecular flexibility index (Phi) is 6.87. The molecule has 2 nitrogen and oxygen atoms in total. The summed E-state index contributed by atoms with van der Waals surface area (Å²) in [4.78, 5) is 8.24. The number of allylic oxidation sites excluding steroid dienone is 5. The molecule has 3 aromatic rings. The first-order chi connectivity index (χ1) is 14.0. The molecular weight excluding hydrogens is 352 g/mol. The fourth-order valence-electron chi connectivity index (χ4n) is 3.52. The van der Waals surface area contributed by atoms with Crippen LogP contribution >= 0.6 is 0 Å². The number of aryl methyl sites for hydroxylation is 2. The first kappa shape index (κ1) is 20.9. The van der Waals surface area contributed by atoms with E-state index in [2.05, 4.69) is 73.7 Å². The average molecular weight is 385 g/mol. The lowest BCUT2D eigenvalue weighted by molar-refractivity contribution is 0.513. The molecule has 2 heterocycles. The van der Waals surface area contributed by atoms with Crippen LogP contribution < -0.4 is 0 Å². The highest BCUT2D eigenvalue weighted by atomic mass is 14.7. The number of aromatic nitrogens is 2. The normalized spacial score (nSPS) is 13.3. The quantitative estimate of drug-likeness (QED) is 0.400. The third-order valence-corrected chi connectivity index (χ3v) is 5.65. The lowest BCUT2D eigenvalue weighted by atomic mass is 10.0. The summed E-state index contributed by atoms with van der Waals surface area (Å²) in [6, 6.07) is 12.6. The molecule has 2 aromatic heterocycles. The fourth-order valence-corrected chi connectivity index (χ4v) is 3.52.